The number of nitrogens with zero attached hydrogens (tertiary/aromatic N) is 5. The average Bonchev–Trinajstić information content (AvgIpc) is 3.42. The fourth-order valence-corrected chi connectivity index (χ4v) is 4.38. The highest BCUT2D eigenvalue weighted by Gasteiger charge is 2.18. The Morgan fingerprint density at radius 1 is 0.971 bits per heavy atom. The highest BCUT2D eigenvalue weighted by Crippen LogP contribution is 2.35. The number of fused-ring (bicyclic) bond motifs is 1. The number of benzene rings is 3. The van der Waals surface area contributed by atoms with Crippen molar-refractivity contribution in [3.8, 4) is 23.0 Å². The first-order valence-electron chi connectivity index (χ1n) is 11.0. The lowest BCUT2D eigenvalue weighted by molar-refractivity contribution is -0.115. The summed E-state index contributed by atoms with van der Waals surface area (Å²) in [5, 5.41) is 28.0. The number of thioether (sulfide) groups is 1. The first-order valence-corrected chi connectivity index (χ1v) is 11.9. The third-order valence-electron chi connectivity index (χ3n) is 5.48. The summed E-state index contributed by atoms with van der Waals surface area (Å²) in [4.78, 5) is 15.4. The van der Waals surface area contributed by atoms with Crippen LogP contribution in [0.3, 0.4) is 0 Å². The zero-order chi connectivity index (χ0) is 24.4. The van der Waals surface area contributed by atoms with Crippen molar-refractivity contribution in [2.75, 3.05) is 5.75 Å². The van der Waals surface area contributed by atoms with Crippen LogP contribution in [-0.4, -0.2) is 36.5 Å². The summed E-state index contributed by atoms with van der Waals surface area (Å²) in [5.74, 6) is 0.131. The summed E-state index contributed by atoms with van der Waals surface area (Å²) in [6, 6.07) is 23.4. The molecule has 9 heteroatoms. The number of para-hydroxylation sites is 1. The van der Waals surface area contributed by atoms with E-state index in [0.29, 0.717) is 16.4 Å². The minimum absolute atomic E-state index is 0.0184. The number of carbonyl (C=O) groups is 1. The first kappa shape index (κ1) is 22.5. The number of H-pyrrole nitrogens is 1. The molecule has 5 rings (SSSR count). The lowest BCUT2D eigenvalue weighted by Crippen LogP contribution is -2.02. The molecule has 35 heavy (non-hydrogen) atoms. The maximum absolute atomic E-state index is 12.5. The van der Waals surface area contributed by atoms with Gasteiger partial charge in [0.1, 0.15) is 0 Å². The molecule has 0 bridgehead atoms. The van der Waals surface area contributed by atoms with Gasteiger partial charge >= 0.3 is 0 Å². The number of hydrogen-bond donors (Lipinski definition) is 2. The molecule has 8 nitrogen and oxygen atoms in total. The van der Waals surface area contributed by atoms with Crippen molar-refractivity contribution in [1.29, 1.82) is 0 Å². The third kappa shape index (κ3) is 4.71. The Hall–Kier alpha value is -4.24. The molecular weight excluding hydrogens is 460 g/mol. The molecule has 0 saturated carbocycles. The van der Waals surface area contributed by atoms with E-state index in [2.05, 4.69) is 25.4 Å². The van der Waals surface area contributed by atoms with Gasteiger partial charge in [-0.2, -0.15) is 0 Å². The fourth-order valence-electron chi connectivity index (χ4n) is 3.65. The maximum Gasteiger partial charge on any atom is 0.275 e. The Morgan fingerprint density at radius 2 is 1.66 bits per heavy atom. The summed E-state index contributed by atoms with van der Waals surface area (Å²) in [6.45, 7) is 4.06. The van der Waals surface area contributed by atoms with Gasteiger partial charge in [-0.25, -0.2) is 0 Å². The predicted octanol–water partition coefficient (Wildman–Crippen LogP) is 6.14. The molecule has 0 spiro atoms. The number of hydrogen-bond acceptors (Lipinski definition) is 6. The van der Waals surface area contributed by atoms with Gasteiger partial charge in [0.15, 0.2) is 16.7 Å². The highest BCUT2D eigenvalue weighted by atomic mass is 32.2. The Labute approximate surface area is 205 Å². The van der Waals surface area contributed by atoms with Crippen molar-refractivity contribution in [2.45, 2.75) is 19.0 Å². The number of nitrogens with one attached hydrogen (secondary N) is 1. The van der Waals surface area contributed by atoms with Gasteiger partial charge in [0, 0.05) is 16.6 Å². The van der Waals surface area contributed by atoms with Gasteiger partial charge in [0.25, 0.3) is 5.91 Å². The highest BCUT2D eigenvalue weighted by molar-refractivity contribution is 7.99. The summed E-state index contributed by atoms with van der Waals surface area (Å²) in [5.41, 5.74) is 5.08. The second-order valence-electron chi connectivity index (χ2n) is 8.09. The number of amides is 1. The monoisotopic (exact) mass is 482 g/mol. The standard InChI is InChI=1S/C26H22N6O2S/c1-16-7-11-18(12-8-16)24-30-31-26(32(24)19-13-9-17(2)10-14-19)35-15-22(33)28-29-23-20-5-3-4-6-21(20)27-25(23)34/h3-14,27,34H,15H2,1-2H3. The average molecular weight is 483 g/mol. The minimum atomic E-state index is -0.449. The van der Waals surface area contributed by atoms with Crippen molar-refractivity contribution in [2.24, 2.45) is 10.2 Å². The quantitative estimate of drug-likeness (QED) is 0.223. The molecule has 0 saturated heterocycles. The van der Waals surface area contributed by atoms with E-state index in [9.17, 15) is 9.90 Å². The predicted molar refractivity (Wildman–Crippen MR) is 136 cm³/mol. The van der Waals surface area contributed by atoms with E-state index in [4.69, 9.17) is 0 Å². The molecule has 0 aliphatic rings. The summed E-state index contributed by atoms with van der Waals surface area (Å²) in [7, 11) is 0. The Balaban J connectivity index is 1.40. The van der Waals surface area contributed by atoms with Crippen LogP contribution in [0, 0.1) is 13.8 Å². The molecule has 2 aromatic heterocycles. The summed E-state index contributed by atoms with van der Waals surface area (Å²) >= 11 is 1.23. The van der Waals surface area contributed by atoms with Crippen molar-refractivity contribution in [3.05, 3.63) is 83.9 Å². The number of aromatic nitrogens is 4. The van der Waals surface area contributed by atoms with Crippen LogP contribution >= 0.6 is 11.8 Å². The van der Waals surface area contributed by atoms with E-state index in [-0.39, 0.29) is 17.3 Å². The fraction of sp³-hybridized carbons (Fsp3) is 0.115. The molecule has 2 N–H and O–H groups in total. The van der Waals surface area contributed by atoms with Gasteiger partial charge in [-0.3, -0.25) is 9.36 Å². The van der Waals surface area contributed by atoms with E-state index >= 15 is 0 Å². The van der Waals surface area contributed by atoms with Crippen LogP contribution in [-0.2, 0) is 4.79 Å². The molecule has 0 atom stereocenters. The van der Waals surface area contributed by atoms with Crippen molar-refractivity contribution in [3.63, 3.8) is 0 Å². The molecule has 0 aliphatic heterocycles. The summed E-state index contributed by atoms with van der Waals surface area (Å²) in [6.07, 6.45) is 0. The van der Waals surface area contributed by atoms with Gasteiger partial charge in [0.05, 0.1) is 11.3 Å². The van der Waals surface area contributed by atoms with Crippen LogP contribution < -0.4 is 0 Å². The topological polar surface area (TPSA) is 109 Å². The third-order valence-corrected chi connectivity index (χ3v) is 6.39. The van der Waals surface area contributed by atoms with Gasteiger partial charge in [0.2, 0.25) is 5.88 Å². The number of aromatic amines is 1. The molecule has 5 aromatic rings. The van der Waals surface area contributed by atoms with Gasteiger partial charge in [-0.1, -0.05) is 77.5 Å². The molecule has 3 aromatic carbocycles. The van der Waals surface area contributed by atoms with Crippen LogP contribution in [0.1, 0.15) is 11.1 Å². The second-order valence-corrected chi connectivity index (χ2v) is 9.04. The molecule has 0 unspecified atom stereocenters. The van der Waals surface area contributed by atoms with E-state index in [1.54, 1.807) is 6.07 Å². The number of azo groups is 1. The van der Waals surface area contributed by atoms with Crippen LogP contribution in [0.5, 0.6) is 5.88 Å². The molecule has 0 fully saturated rings. The Kier molecular flexibility index (Phi) is 6.15. The van der Waals surface area contributed by atoms with Crippen LogP contribution in [0.25, 0.3) is 28.0 Å². The van der Waals surface area contributed by atoms with Crippen LogP contribution in [0.15, 0.2) is 88.2 Å². The van der Waals surface area contributed by atoms with Crippen molar-refractivity contribution in [1.82, 2.24) is 19.7 Å². The van der Waals surface area contributed by atoms with E-state index in [1.807, 2.05) is 85.1 Å². The van der Waals surface area contributed by atoms with Crippen LogP contribution in [0.4, 0.5) is 5.69 Å². The lowest BCUT2D eigenvalue weighted by Gasteiger charge is -2.10. The van der Waals surface area contributed by atoms with Crippen LogP contribution in [0.2, 0.25) is 0 Å². The number of aryl methyl sites for hydroxylation is 2. The minimum Gasteiger partial charge on any atom is -0.493 e. The smallest absolute Gasteiger partial charge is 0.275 e. The molecule has 0 aliphatic carbocycles. The van der Waals surface area contributed by atoms with Gasteiger partial charge in [-0.05, 0) is 32.0 Å². The Bertz CT molecular complexity index is 1530. The number of carbonyl (C=O) groups excluding carboxylic acids is 1. The largest absolute Gasteiger partial charge is 0.493 e. The van der Waals surface area contributed by atoms with E-state index < -0.39 is 5.91 Å². The zero-order valence-corrected chi connectivity index (χ0v) is 20.0. The normalized spacial score (nSPS) is 11.5. The SMILES string of the molecule is Cc1ccc(-c2nnc(SCC(=O)N=Nc3c(O)[nH]c4ccccc34)n2-c2ccc(C)cc2)cc1. The molecule has 174 valence electrons. The van der Waals surface area contributed by atoms with Crippen molar-refractivity contribution < 1.29 is 9.90 Å². The molecular formula is C26H22N6O2S. The second kappa shape index (κ2) is 9.55. The Morgan fingerprint density at radius 3 is 2.40 bits per heavy atom. The first-order chi connectivity index (χ1) is 17.0. The van der Waals surface area contributed by atoms with Crippen molar-refractivity contribution >= 4 is 34.3 Å². The van der Waals surface area contributed by atoms with E-state index in [0.717, 1.165) is 27.9 Å². The lowest BCUT2D eigenvalue weighted by atomic mass is 10.1. The summed E-state index contributed by atoms with van der Waals surface area (Å²) < 4.78 is 1.94. The van der Waals surface area contributed by atoms with Gasteiger partial charge < -0.3 is 10.1 Å². The molecule has 2 heterocycles. The zero-order valence-electron chi connectivity index (χ0n) is 19.1. The number of aromatic hydroxyl groups is 1. The molecule has 1 amide bonds. The molecule has 0 radical (unpaired) electrons. The van der Waals surface area contributed by atoms with Gasteiger partial charge in [-0.15, -0.1) is 20.4 Å². The van der Waals surface area contributed by atoms with E-state index in [1.165, 1.54) is 11.8 Å². The maximum atomic E-state index is 12.5. The number of rotatable bonds is 6.